The highest BCUT2D eigenvalue weighted by atomic mass is 19.4. The molecule has 4 aliphatic carbocycles. The van der Waals surface area contributed by atoms with Crippen LogP contribution in [0.2, 0.25) is 0 Å². The number of allylic oxidation sites excluding steroid dienone is 4. The molecule has 0 amide bonds. The summed E-state index contributed by atoms with van der Waals surface area (Å²) in [5, 5.41) is 21.3. The fraction of sp³-hybridized carbons (Fsp3) is 0.500. The predicted octanol–water partition coefficient (Wildman–Crippen LogP) is 7.05. The maximum atomic E-state index is 15.4. The minimum Gasteiger partial charge on any atom is -0.497 e. The molecule has 14 heteroatoms. The number of carbonyl (C=O) groups excluding carboxylic acids is 2. The van der Waals surface area contributed by atoms with Crippen LogP contribution < -0.4 is 9.47 Å². The molecule has 1 aliphatic heterocycles. The van der Waals surface area contributed by atoms with Gasteiger partial charge in [-0.15, -0.1) is 0 Å². The molecule has 10 nitrogen and oxygen atoms in total. The molecule has 1 saturated heterocycles. The number of methoxy groups -OCH3 is 2. The van der Waals surface area contributed by atoms with Crippen LogP contribution in [-0.4, -0.2) is 82.3 Å². The molecule has 2 heterocycles. The summed E-state index contributed by atoms with van der Waals surface area (Å²) in [5.74, 6) is -2.09. The number of imidazole rings is 1. The highest BCUT2D eigenvalue weighted by Crippen LogP contribution is 2.70. The molecular formula is C42H46F4N2O8. The van der Waals surface area contributed by atoms with Gasteiger partial charge >= 0.3 is 6.18 Å². The number of rotatable bonds is 6. The quantitative estimate of drug-likeness (QED) is 0.225. The third kappa shape index (κ3) is 6.29. The monoisotopic (exact) mass is 782 g/mol. The van der Waals surface area contributed by atoms with Gasteiger partial charge < -0.3 is 34.1 Å². The second-order valence-corrected chi connectivity index (χ2v) is 16.2. The number of hydrogen-bond donors (Lipinski definition) is 3. The summed E-state index contributed by atoms with van der Waals surface area (Å²) in [6.45, 7) is 6.65. The number of Topliss-reactive ketones (excluding diaryl/α,β-unsaturated/α-hetero) is 1. The molecule has 2 aromatic carbocycles. The fourth-order valence-corrected chi connectivity index (χ4v) is 10.5. The SMILES string of the molecule is CC1(C)O[C@@H]2C[C@H]3[C@@H]4C[C@H](F)C5=CC(=O)C=C[C@]5(C)[C@H]4[C@@H](O)C[C@]3(C)[C@]2(C(=O)CO)O1.COc1ccc(-c2nc(C(F)(F)F)[nH]c2-c2ccc(OC)cc2)cc1. The van der Waals surface area contributed by atoms with Crippen molar-refractivity contribution in [3.63, 3.8) is 0 Å². The minimum absolute atomic E-state index is 0.125. The molecule has 0 radical (unpaired) electrons. The number of aliphatic hydroxyl groups is 2. The van der Waals surface area contributed by atoms with E-state index in [0.29, 0.717) is 40.3 Å². The number of aromatic amines is 1. The third-order valence-electron chi connectivity index (χ3n) is 12.7. The van der Waals surface area contributed by atoms with Crippen molar-refractivity contribution in [2.24, 2.45) is 28.6 Å². The molecule has 3 aromatic rings. The summed E-state index contributed by atoms with van der Waals surface area (Å²) in [6, 6.07) is 13.4. The van der Waals surface area contributed by atoms with Crippen molar-refractivity contribution in [1.82, 2.24) is 9.97 Å². The van der Waals surface area contributed by atoms with Crippen LogP contribution in [-0.2, 0) is 25.2 Å². The molecular weight excluding hydrogens is 736 g/mol. The number of hydrogen-bond acceptors (Lipinski definition) is 9. The molecule has 8 rings (SSSR count). The standard InChI is InChI=1S/C24H31FO6.C18H15F3N2O2/c1-21(2)30-19-9-14-13-8-16(25)15-7-12(27)5-6-22(15,3)20(13)17(28)10-23(14,4)24(19,31-21)18(29)11-26;1-24-13-7-3-11(4-8-13)15-16(23-17(22-15)18(19,20)21)12-5-9-14(25-2)10-6-12/h5-7,13-14,16-17,19-20,26,28H,8-11H2,1-4H3;3-10H,1-2H3,(H,22,23)/t13-,14-,16-,17-,19+,20+,22-,23-,24+;/m0./s1. The second kappa shape index (κ2) is 13.9. The van der Waals surface area contributed by atoms with E-state index in [1.165, 1.54) is 26.4 Å². The Kier molecular flexibility index (Phi) is 9.91. The van der Waals surface area contributed by atoms with E-state index in [1.54, 1.807) is 68.5 Å². The maximum absolute atomic E-state index is 15.4. The van der Waals surface area contributed by atoms with Crippen molar-refractivity contribution < 1.29 is 56.3 Å². The number of benzene rings is 2. The smallest absolute Gasteiger partial charge is 0.449 e. The molecule has 3 saturated carbocycles. The van der Waals surface area contributed by atoms with E-state index in [2.05, 4.69) is 9.97 Å². The van der Waals surface area contributed by atoms with Gasteiger partial charge in [0.25, 0.3) is 0 Å². The number of ketones is 2. The summed E-state index contributed by atoms with van der Waals surface area (Å²) in [7, 11) is 3.05. The number of nitrogens with zero attached hydrogens (tertiary/aromatic N) is 1. The largest absolute Gasteiger partial charge is 0.497 e. The van der Waals surface area contributed by atoms with E-state index < -0.39 is 65.0 Å². The average Bonchev–Trinajstić information content (AvgIpc) is 3.80. The number of halogens is 4. The van der Waals surface area contributed by atoms with Crippen molar-refractivity contribution in [2.45, 2.75) is 82.9 Å². The molecule has 0 bridgehead atoms. The maximum Gasteiger partial charge on any atom is 0.449 e. The Labute approximate surface area is 321 Å². The van der Waals surface area contributed by atoms with Crippen LogP contribution >= 0.6 is 0 Å². The van der Waals surface area contributed by atoms with Crippen molar-refractivity contribution in [3.8, 4) is 34.0 Å². The zero-order valence-corrected chi connectivity index (χ0v) is 31.9. The van der Waals surface area contributed by atoms with E-state index in [-0.39, 0.29) is 42.1 Å². The molecule has 300 valence electrons. The topological polar surface area (TPSA) is 140 Å². The van der Waals surface area contributed by atoms with Crippen LogP contribution in [0.15, 0.2) is 72.3 Å². The number of carbonyl (C=O) groups is 2. The van der Waals surface area contributed by atoms with Crippen LogP contribution in [0.25, 0.3) is 22.5 Å². The van der Waals surface area contributed by atoms with Crippen molar-refractivity contribution in [2.75, 3.05) is 20.8 Å². The van der Waals surface area contributed by atoms with Gasteiger partial charge in [0.2, 0.25) is 5.82 Å². The van der Waals surface area contributed by atoms with Gasteiger partial charge in [-0.3, -0.25) is 9.59 Å². The normalized spacial score (nSPS) is 33.9. The Hall–Kier alpha value is -4.37. The lowest BCUT2D eigenvalue weighted by Gasteiger charge is -2.60. The molecule has 9 atom stereocenters. The molecule has 56 heavy (non-hydrogen) atoms. The fourth-order valence-electron chi connectivity index (χ4n) is 10.5. The first-order valence-electron chi connectivity index (χ1n) is 18.6. The van der Waals surface area contributed by atoms with Gasteiger partial charge in [-0.05, 0) is 111 Å². The number of aliphatic hydroxyl groups excluding tert-OH is 2. The number of aromatic nitrogens is 2. The van der Waals surface area contributed by atoms with E-state index in [1.807, 2.05) is 13.8 Å². The Bertz CT molecular complexity index is 2000. The lowest BCUT2D eigenvalue weighted by atomic mass is 9.46. The molecule has 1 aromatic heterocycles. The molecule has 0 unspecified atom stereocenters. The second-order valence-electron chi connectivity index (χ2n) is 16.2. The zero-order valence-electron chi connectivity index (χ0n) is 31.9. The number of H-pyrrole nitrogens is 1. The molecule has 3 N–H and O–H groups in total. The minimum atomic E-state index is -4.56. The van der Waals surface area contributed by atoms with Gasteiger partial charge in [0.1, 0.15) is 24.3 Å². The number of fused-ring (bicyclic) bond motifs is 7. The van der Waals surface area contributed by atoms with Gasteiger partial charge in [0.05, 0.1) is 37.8 Å². The first-order chi connectivity index (χ1) is 26.3. The third-order valence-corrected chi connectivity index (χ3v) is 12.7. The number of nitrogens with one attached hydrogen (secondary N) is 1. The molecule has 4 fully saturated rings. The summed E-state index contributed by atoms with van der Waals surface area (Å²) in [4.78, 5) is 31.3. The van der Waals surface area contributed by atoms with Crippen LogP contribution in [0.5, 0.6) is 11.5 Å². The predicted molar refractivity (Wildman–Crippen MR) is 196 cm³/mol. The highest BCUT2D eigenvalue weighted by Gasteiger charge is 2.77. The Morgan fingerprint density at radius 1 is 0.982 bits per heavy atom. The summed E-state index contributed by atoms with van der Waals surface area (Å²) >= 11 is 0. The van der Waals surface area contributed by atoms with Gasteiger partial charge in [0.15, 0.2) is 23.0 Å². The van der Waals surface area contributed by atoms with Crippen molar-refractivity contribution in [3.05, 3.63) is 78.2 Å². The Morgan fingerprint density at radius 3 is 2.16 bits per heavy atom. The van der Waals surface area contributed by atoms with Gasteiger partial charge in [0, 0.05) is 27.9 Å². The van der Waals surface area contributed by atoms with Crippen LogP contribution in [0, 0.1) is 28.6 Å². The molecule has 5 aliphatic rings. The van der Waals surface area contributed by atoms with Crippen molar-refractivity contribution in [1.29, 1.82) is 0 Å². The summed E-state index contributed by atoms with van der Waals surface area (Å²) < 4.78 is 77.4. The van der Waals surface area contributed by atoms with Crippen LogP contribution in [0.1, 0.15) is 52.8 Å². The first kappa shape index (κ1) is 39.8. The number of ether oxygens (including phenoxy) is 4. The van der Waals surface area contributed by atoms with Gasteiger partial charge in [-0.25, -0.2) is 9.37 Å². The average molecular weight is 783 g/mol. The van der Waals surface area contributed by atoms with Gasteiger partial charge in [-0.1, -0.05) is 19.9 Å². The lowest BCUT2D eigenvalue weighted by molar-refractivity contribution is -0.226. The Balaban J connectivity index is 0.000000176. The number of alkyl halides is 4. The first-order valence-corrected chi connectivity index (χ1v) is 18.6. The zero-order chi connectivity index (χ0) is 40.6. The highest BCUT2D eigenvalue weighted by molar-refractivity contribution is 6.01. The summed E-state index contributed by atoms with van der Waals surface area (Å²) in [5.41, 5.74) is -0.852. The lowest BCUT2D eigenvalue weighted by Crippen LogP contribution is -2.64. The van der Waals surface area contributed by atoms with Crippen LogP contribution in [0.3, 0.4) is 0 Å². The van der Waals surface area contributed by atoms with E-state index in [9.17, 15) is 33.0 Å². The van der Waals surface area contributed by atoms with Crippen molar-refractivity contribution >= 4 is 11.6 Å². The molecule has 0 spiro atoms. The summed E-state index contributed by atoms with van der Waals surface area (Å²) in [6.07, 6.45) is -1.67. The van der Waals surface area contributed by atoms with E-state index in [0.717, 1.165) is 0 Å². The Morgan fingerprint density at radius 2 is 1.59 bits per heavy atom. The van der Waals surface area contributed by atoms with Gasteiger partial charge in [-0.2, -0.15) is 13.2 Å². The van der Waals surface area contributed by atoms with E-state index >= 15 is 4.39 Å². The van der Waals surface area contributed by atoms with Crippen LogP contribution in [0.4, 0.5) is 17.6 Å². The van der Waals surface area contributed by atoms with E-state index in [4.69, 9.17) is 18.9 Å².